The lowest BCUT2D eigenvalue weighted by molar-refractivity contribution is -0.136. The maximum Gasteiger partial charge on any atom is 0.262 e. The van der Waals surface area contributed by atoms with Crippen molar-refractivity contribution in [2.75, 3.05) is 26.2 Å². The third-order valence-corrected chi connectivity index (χ3v) is 5.47. The zero-order valence-electron chi connectivity index (χ0n) is 16.1. The van der Waals surface area contributed by atoms with Crippen molar-refractivity contribution in [3.05, 3.63) is 71.3 Å². The van der Waals surface area contributed by atoms with Crippen LogP contribution in [-0.2, 0) is 4.79 Å². The van der Waals surface area contributed by atoms with E-state index in [2.05, 4.69) is 0 Å². The molecule has 7 nitrogen and oxygen atoms in total. The summed E-state index contributed by atoms with van der Waals surface area (Å²) >= 11 is 0. The number of rotatable bonds is 3. The molecule has 4 amide bonds. The lowest BCUT2D eigenvalue weighted by Crippen LogP contribution is -2.56. The van der Waals surface area contributed by atoms with Crippen LogP contribution in [-0.4, -0.2) is 70.5 Å². The quantitative estimate of drug-likeness (QED) is 0.746. The monoisotopic (exact) mass is 391 g/mol. The highest BCUT2D eigenvalue weighted by molar-refractivity contribution is 6.22. The Hall–Kier alpha value is -3.48. The largest absolute Gasteiger partial charge is 0.337 e. The van der Waals surface area contributed by atoms with Gasteiger partial charge in [0.2, 0.25) is 5.91 Å². The lowest BCUT2D eigenvalue weighted by atomic mass is 10.1. The average Bonchev–Trinajstić information content (AvgIpc) is 3.03. The zero-order valence-corrected chi connectivity index (χ0v) is 16.1. The molecule has 1 fully saturated rings. The Morgan fingerprint density at radius 1 is 0.759 bits per heavy atom. The minimum atomic E-state index is -0.890. The van der Waals surface area contributed by atoms with Crippen LogP contribution in [0.25, 0.3) is 0 Å². The van der Waals surface area contributed by atoms with E-state index in [-0.39, 0.29) is 11.8 Å². The van der Waals surface area contributed by atoms with Crippen molar-refractivity contribution in [1.82, 2.24) is 14.7 Å². The molecule has 0 aromatic heterocycles. The van der Waals surface area contributed by atoms with Crippen LogP contribution in [0.1, 0.15) is 38.0 Å². The molecule has 2 aliphatic heterocycles. The molecule has 0 radical (unpaired) electrons. The van der Waals surface area contributed by atoms with Gasteiger partial charge in [-0.3, -0.25) is 24.1 Å². The second-order valence-corrected chi connectivity index (χ2v) is 7.19. The van der Waals surface area contributed by atoms with Crippen LogP contribution in [0, 0.1) is 0 Å². The SMILES string of the molecule is C[C@H](C(=O)N1CCN(C(=O)c2ccccc2)CC1)N1C(=O)c2ccccc2C1=O. The highest BCUT2D eigenvalue weighted by Crippen LogP contribution is 2.25. The van der Waals surface area contributed by atoms with Gasteiger partial charge in [0.05, 0.1) is 11.1 Å². The maximum absolute atomic E-state index is 13.0. The molecule has 0 aliphatic carbocycles. The Labute approximate surface area is 168 Å². The van der Waals surface area contributed by atoms with E-state index in [4.69, 9.17) is 0 Å². The number of hydrogen-bond donors (Lipinski definition) is 0. The van der Waals surface area contributed by atoms with Gasteiger partial charge in [-0.1, -0.05) is 30.3 Å². The van der Waals surface area contributed by atoms with Crippen LogP contribution in [0.15, 0.2) is 54.6 Å². The van der Waals surface area contributed by atoms with E-state index < -0.39 is 17.9 Å². The van der Waals surface area contributed by atoms with Crippen molar-refractivity contribution in [3.8, 4) is 0 Å². The first-order valence-corrected chi connectivity index (χ1v) is 9.59. The maximum atomic E-state index is 13.0. The number of imide groups is 1. The third-order valence-electron chi connectivity index (χ3n) is 5.47. The molecule has 7 heteroatoms. The summed E-state index contributed by atoms with van der Waals surface area (Å²) in [6.45, 7) is 3.13. The van der Waals surface area contributed by atoms with E-state index in [1.165, 1.54) is 0 Å². The summed E-state index contributed by atoms with van der Waals surface area (Å²) in [6, 6.07) is 14.7. The van der Waals surface area contributed by atoms with E-state index >= 15 is 0 Å². The molecule has 0 spiro atoms. The van der Waals surface area contributed by atoms with Gasteiger partial charge in [-0.2, -0.15) is 0 Å². The fourth-order valence-corrected chi connectivity index (χ4v) is 3.83. The minimum absolute atomic E-state index is 0.0638. The Balaban J connectivity index is 1.41. The Bertz CT molecular complexity index is 946. The normalized spacial score (nSPS) is 17.3. The molecule has 0 N–H and O–H groups in total. The highest BCUT2D eigenvalue weighted by Gasteiger charge is 2.42. The summed E-state index contributed by atoms with van der Waals surface area (Å²) in [4.78, 5) is 55.1. The van der Waals surface area contributed by atoms with Crippen molar-refractivity contribution in [2.24, 2.45) is 0 Å². The summed E-state index contributed by atoms with van der Waals surface area (Å²) in [5.74, 6) is -1.23. The molecular formula is C22H21N3O4. The van der Waals surface area contributed by atoms with Crippen molar-refractivity contribution >= 4 is 23.6 Å². The predicted molar refractivity (Wildman–Crippen MR) is 105 cm³/mol. The summed E-state index contributed by atoms with van der Waals surface area (Å²) < 4.78 is 0. The fraction of sp³-hybridized carbons (Fsp3) is 0.273. The molecule has 2 aromatic carbocycles. The van der Waals surface area contributed by atoms with Crippen LogP contribution >= 0.6 is 0 Å². The standard InChI is InChI=1S/C22H21N3O4/c1-15(25-21(28)17-9-5-6-10-18(17)22(25)29)19(26)23-11-13-24(14-12-23)20(27)16-7-3-2-4-8-16/h2-10,15H,11-14H2,1H3/t15-/m1/s1. The van der Waals surface area contributed by atoms with Crippen LogP contribution in [0.3, 0.4) is 0 Å². The zero-order chi connectivity index (χ0) is 20.5. The number of hydrogen-bond acceptors (Lipinski definition) is 4. The van der Waals surface area contributed by atoms with E-state index in [0.29, 0.717) is 42.9 Å². The minimum Gasteiger partial charge on any atom is -0.337 e. The summed E-state index contributed by atoms with van der Waals surface area (Å²) in [5.41, 5.74) is 1.28. The molecule has 1 saturated heterocycles. The van der Waals surface area contributed by atoms with Gasteiger partial charge in [0.25, 0.3) is 17.7 Å². The number of carbonyl (C=O) groups excluding carboxylic acids is 4. The molecule has 2 heterocycles. The van der Waals surface area contributed by atoms with Gasteiger partial charge in [-0.05, 0) is 31.2 Å². The Kier molecular flexibility index (Phi) is 4.88. The van der Waals surface area contributed by atoms with E-state index in [9.17, 15) is 19.2 Å². The van der Waals surface area contributed by atoms with Crippen LogP contribution in [0.2, 0.25) is 0 Å². The van der Waals surface area contributed by atoms with Gasteiger partial charge in [0.15, 0.2) is 0 Å². The molecule has 1 atom stereocenters. The number of carbonyl (C=O) groups is 4. The fourth-order valence-electron chi connectivity index (χ4n) is 3.83. The molecule has 29 heavy (non-hydrogen) atoms. The smallest absolute Gasteiger partial charge is 0.262 e. The molecule has 148 valence electrons. The summed E-state index contributed by atoms with van der Waals surface area (Å²) in [6.07, 6.45) is 0. The molecule has 0 saturated carbocycles. The second-order valence-electron chi connectivity index (χ2n) is 7.19. The first-order valence-electron chi connectivity index (χ1n) is 9.59. The van der Waals surface area contributed by atoms with Gasteiger partial charge < -0.3 is 9.80 Å². The summed E-state index contributed by atoms with van der Waals surface area (Å²) in [5, 5.41) is 0. The van der Waals surface area contributed by atoms with Crippen molar-refractivity contribution in [1.29, 1.82) is 0 Å². The predicted octanol–water partition coefficient (Wildman–Crippen LogP) is 1.66. The Morgan fingerprint density at radius 2 is 1.24 bits per heavy atom. The highest BCUT2D eigenvalue weighted by atomic mass is 16.2. The number of fused-ring (bicyclic) bond motifs is 1. The van der Waals surface area contributed by atoms with Gasteiger partial charge in [-0.15, -0.1) is 0 Å². The van der Waals surface area contributed by atoms with Crippen molar-refractivity contribution in [2.45, 2.75) is 13.0 Å². The second kappa shape index (κ2) is 7.50. The summed E-state index contributed by atoms with van der Waals surface area (Å²) in [7, 11) is 0. The molecule has 0 unspecified atom stereocenters. The number of amides is 4. The molecule has 0 bridgehead atoms. The number of piperazine rings is 1. The van der Waals surface area contributed by atoms with E-state index in [1.807, 2.05) is 18.2 Å². The molecule has 2 aliphatic rings. The van der Waals surface area contributed by atoms with Crippen LogP contribution < -0.4 is 0 Å². The van der Waals surface area contributed by atoms with Crippen molar-refractivity contribution < 1.29 is 19.2 Å². The molecule has 2 aromatic rings. The van der Waals surface area contributed by atoms with Crippen LogP contribution in [0.5, 0.6) is 0 Å². The number of benzene rings is 2. The van der Waals surface area contributed by atoms with Gasteiger partial charge in [0, 0.05) is 31.7 Å². The van der Waals surface area contributed by atoms with Gasteiger partial charge in [-0.25, -0.2) is 0 Å². The van der Waals surface area contributed by atoms with Gasteiger partial charge in [0.1, 0.15) is 6.04 Å². The van der Waals surface area contributed by atoms with E-state index in [1.54, 1.807) is 53.1 Å². The third kappa shape index (κ3) is 3.29. The van der Waals surface area contributed by atoms with E-state index in [0.717, 1.165) is 4.90 Å². The topological polar surface area (TPSA) is 78.0 Å². The molecular weight excluding hydrogens is 370 g/mol. The first kappa shape index (κ1) is 18.9. The van der Waals surface area contributed by atoms with Crippen LogP contribution in [0.4, 0.5) is 0 Å². The molecule has 4 rings (SSSR count). The average molecular weight is 391 g/mol. The Morgan fingerprint density at radius 3 is 1.79 bits per heavy atom. The number of nitrogens with zero attached hydrogens (tertiary/aromatic N) is 3. The van der Waals surface area contributed by atoms with Crippen molar-refractivity contribution in [3.63, 3.8) is 0 Å². The van der Waals surface area contributed by atoms with Gasteiger partial charge >= 0.3 is 0 Å². The first-order chi connectivity index (χ1) is 14.0. The lowest BCUT2D eigenvalue weighted by Gasteiger charge is -2.37.